The normalized spacial score (nSPS) is 11.9. The molecule has 26 heavy (non-hydrogen) atoms. The van der Waals surface area contributed by atoms with Crippen LogP contribution in [0.5, 0.6) is 0 Å². The van der Waals surface area contributed by atoms with Crippen LogP contribution in [0.2, 0.25) is 0 Å². The van der Waals surface area contributed by atoms with E-state index in [0.717, 1.165) is 16.3 Å². The van der Waals surface area contributed by atoms with Crippen LogP contribution in [0.1, 0.15) is 17.2 Å². The summed E-state index contributed by atoms with van der Waals surface area (Å²) in [6.07, 6.45) is -0.707. The summed E-state index contributed by atoms with van der Waals surface area (Å²) in [4.78, 5) is 22.4. The number of aliphatic hydroxyl groups is 1. The minimum atomic E-state index is -0.924. The molecule has 0 bridgehead atoms. The molecular weight excluding hydrogens is 332 g/mol. The van der Waals surface area contributed by atoms with Crippen LogP contribution in [0.3, 0.4) is 0 Å². The molecule has 3 rings (SSSR count). The molecule has 0 saturated carbocycles. The van der Waals surface area contributed by atoms with Gasteiger partial charge in [-0.25, -0.2) is 0 Å². The summed E-state index contributed by atoms with van der Waals surface area (Å²) < 4.78 is 0. The van der Waals surface area contributed by atoms with Crippen LogP contribution in [0.25, 0.3) is 10.8 Å². The SMILES string of the molecule is O=C(Cc1cccc2ccccc12)NCC(O)c1ccc([N+](=O)[O-])cc1. The predicted molar refractivity (Wildman–Crippen MR) is 98.7 cm³/mol. The van der Waals surface area contributed by atoms with Crippen LogP contribution in [0.15, 0.2) is 66.7 Å². The number of carbonyl (C=O) groups excluding carboxylic acids is 1. The van der Waals surface area contributed by atoms with E-state index < -0.39 is 11.0 Å². The fourth-order valence-electron chi connectivity index (χ4n) is 2.83. The Morgan fingerprint density at radius 3 is 2.46 bits per heavy atom. The molecule has 0 fully saturated rings. The van der Waals surface area contributed by atoms with Crippen molar-refractivity contribution in [3.63, 3.8) is 0 Å². The van der Waals surface area contributed by atoms with Crippen LogP contribution in [0, 0.1) is 10.1 Å². The number of non-ortho nitro benzene ring substituents is 1. The lowest BCUT2D eigenvalue weighted by Crippen LogP contribution is -2.29. The molecule has 0 aromatic heterocycles. The Morgan fingerprint density at radius 2 is 1.73 bits per heavy atom. The second-order valence-corrected chi connectivity index (χ2v) is 5.98. The number of benzene rings is 3. The number of rotatable bonds is 6. The molecule has 0 radical (unpaired) electrons. The average Bonchev–Trinajstić information content (AvgIpc) is 2.66. The van der Waals surface area contributed by atoms with Gasteiger partial charge in [-0.15, -0.1) is 0 Å². The maximum Gasteiger partial charge on any atom is 0.269 e. The van der Waals surface area contributed by atoms with Gasteiger partial charge in [0, 0.05) is 18.7 Å². The largest absolute Gasteiger partial charge is 0.387 e. The first kappa shape index (κ1) is 17.6. The maximum absolute atomic E-state index is 12.2. The Bertz CT molecular complexity index is 933. The first-order valence-electron chi connectivity index (χ1n) is 8.20. The third kappa shape index (κ3) is 4.04. The predicted octanol–water partition coefficient (Wildman–Crippen LogP) is 3.14. The van der Waals surface area contributed by atoms with Crippen molar-refractivity contribution < 1.29 is 14.8 Å². The highest BCUT2D eigenvalue weighted by Crippen LogP contribution is 2.19. The molecule has 0 spiro atoms. The summed E-state index contributed by atoms with van der Waals surface area (Å²) in [5.74, 6) is -0.192. The highest BCUT2D eigenvalue weighted by atomic mass is 16.6. The molecule has 0 heterocycles. The summed E-state index contributed by atoms with van der Waals surface area (Å²) in [5, 5.41) is 25.6. The van der Waals surface area contributed by atoms with Gasteiger partial charge in [0.1, 0.15) is 0 Å². The van der Waals surface area contributed by atoms with Crippen LogP contribution in [0.4, 0.5) is 5.69 Å². The van der Waals surface area contributed by atoms with Crippen LogP contribution < -0.4 is 5.32 Å². The van der Waals surface area contributed by atoms with Crippen molar-refractivity contribution in [2.24, 2.45) is 0 Å². The van der Waals surface area contributed by atoms with Crippen molar-refractivity contribution in [3.05, 3.63) is 88.0 Å². The zero-order valence-corrected chi connectivity index (χ0v) is 14.0. The molecule has 6 nitrogen and oxygen atoms in total. The molecule has 1 amide bonds. The molecule has 6 heteroatoms. The molecule has 2 N–H and O–H groups in total. The van der Waals surface area contributed by atoms with E-state index in [1.165, 1.54) is 24.3 Å². The smallest absolute Gasteiger partial charge is 0.269 e. The van der Waals surface area contributed by atoms with Gasteiger partial charge in [0.05, 0.1) is 17.4 Å². The number of hydrogen-bond acceptors (Lipinski definition) is 4. The molecule has 132 valence electrons. The van der Waals surface area contributed by atoms with Gasteiger partial charge in [-0.05, 0) is 34.0 Å². The lowest BCUT2D eigenvalue weighted by Gasteiger charge is -2.13. The van der Waals surface area contributed by atoms with Gasteiger partial charge < -0.3 is 10.4 Å². The van der Waals surface area contributed by atoms with E-state index in [9.17, 15) is 20.0 Å². The molecule has 0 aliphatic carbocycles. The third-order valence-electron chi connectivity index (χ3n) is 4.21. The van der Waals surface area contributed by atoms with Crippen molar-refractivity contribution in [2.75, 3.05) is 6.54 Å². The summed E-state index contributed by atoms with van der Waals surface area (Å²) in [6, 6.07) is 19.3. The van der Waals surface area contributed by atoms with Crippen molar-refractivity contribution in [1.29, 1.82) is 0 Å². The number of nitrogens with zero attached hydrogens (tertiary/aromatic N) is 1. The number of hydrogen-bond donors (Lipinski definition) is 2. The maximum atomic E-state index is 12.2. The molecule has 1 unspecified atom stereocenters. The summed E-state index contributed by atoms with van der Waals surface area (Å²) in [6.45, 7) is 0.0431. The van der Waals surface area contributed by atoms with Crippen LogP contribution >= 0.6 is 0 Å². The van der Waals surface area contributed by atoms with E-state index >= 15 is 0 Å². The first-order valence-corrected chi connectivity index (χ1v) is 8.20. The molecular formula is C20H18N2O4. The fourth-order valence-corrected chi connectivity index (χ4v) is 2.83. The Hall–Kier alpha value is -3.25. The van der Waals surface area contributed by atoms with Gasteiger partial charge in [-0.3, -0.25) is 14.9 Å². The monoisotopic (exact) mass is 350 g/mol. The summed E-state index contributed by atoms with van der Waals surface area (Å²) in [5.41, 5.74) is 1.40. The fraction of sp³-hybridized carbons (Fsp3) is 0.150. The van der Waals surface area contributed by atoms with E-state index in [2.05, 4.69) is 5.32 Å². The number of carbonyl (C=O) groups is 1. The molecule has 0 aliphatic heterocycles. The molecule has 0 saturated heterocycles. The van der Waals surface area contributed by atoms with E-state index in [1.807, 2.05) is 42.5 Å². The van der Waals surface area contributed by atoms with Gasteiger partial charge in [0.15, 0.2) is 0 Å². The summed E-state index contributed by atoms with van der Waals surface area (Å²) >= 11 is 0. The van der Waals surface area contributed by atoms with Gasteiger partial charge in [-0.2, -0.15) is 0 Å². The topological polar surface area (TPSA) is 92.5 Å². The average molecular weight is 350 g/mol. The van der Waals surface area contributed by atoms with Gasteiger partial charge in [0.25, 0.3) is 5.69 Å². The molecule has 3 aromatic carbocycles. The Balaban J connectivity index is 1.60. The quantitative estimate of drug-likeness (QED) is 0.528. The number of nitro benzene ring substituents is 1. The molecule has 3 aromatic rings. The zero-order valence-electron chi connectivity index (χ0n) is 14.0. The number of aliphatic hydroxyl groups excluding tert-OH is 1. The highest BCUT2D eigenvalue weighted by Gasteiger charge is 2.13. The van der Waals surface area contributed by atoms with Crippen molar-refractivity contribution >= 4 is 22.4 Å². The Labute approximate surface area is 150 Å². The van der Waals surface area contributed by atoms with Gasteiger partial charge in [-0.1, -0.05) is 42.5 Å². The van der Waals surface area contributed by atoms with E-state index in [0.29, 0.717) is 5.56 Å². The van der Waals surface area contributed by atoms with E-state index in [4.69, 9.17) is 0 Å². The van der Waals surface area contributed by atoms with E-state index in [1.54, 1.807) is 0 Å². The molecule has 0 aliphatic rings. The Kier molecular flexibility index (Phi) is 5.24. The number of nitrogens with one attached hydrogen (secondary N) is 1. The minimum absolute atomic E-state index is 0.0408. The van der Waals surface area contributed by atoms with E-state index in [-0.39, 0.29) is 24.6 Å². The number of amides is 1. The van der Waals surface area contributed by atoms with Gasteiger partial charge in [0.2, 0.25) is 5.91 Å². The lowest BCUT2D eigenvalue weighted by atomic mass is 10.0. The summed E-state index contributed by atoms with van der Waals surface area (Å²) in [7, 11) is 0. The van der Waals surface area contributed by atoms with Crippen molar-refractivity contribution in [2.45, 2.75) is 12.5 Å². The number of fused-ring (bicyclic) bond motifs is 1. The third-order valence-corrected chi connectivity index (χ3v) is 4.21. The number of nitro groups is 1. The van der Waals surface area contributed by atoms with Crippen LogP contribution in [-0.4, -0.2) is 22.5 Å². The van der Waals surface area contributed by atoms with Crippen LogP contribution in [-0.2, 0) is 11.2 Å². The highest BCUT2D eigenvalue weighted by molar-refractivity contribution is 5.90. The standard InChI is InChI=1S/C20H18N2O4/c23-19(15-8-10-17(11-9-15)22(25)26)13-21-20(24)12-16-6-3-5-14-4-1-2-7-18(14)16/h1-11,19,23H,12-13H2,(H,21,24). The van der Waals surface area contributed by atoms with Crippen molar-refractivity contribution in [1.82, 2.24) is 5.32 Å². The Morgan fingerprint density at radius 1 is 1.04 bits per heavy atom. The van der Waals surface area contributed by atoms with Gasteiger partial charge >= 0.3 is 0 Å². The van der Waals surface area contributed by atoms with Crippen molar-refractivity contribution in [3.8, 4) is 0 Å². The second kappa shape index (κ2) is 7.76. The first-order chi connectivity index (χ1) is 12.5. The molecule has 1 atom stereocenters. The minimum Gasteiger partial charge on any atom is -0.387 e. The second-order valence-electron chi connectivity index (χ2n) is 5.98. The lowest BCUT2D eigenvalue weighted by molar-refractivity contribution is -0.384. The zero-order chi connectivity index (χ0) is 18.5.